The number of carbonyl (C=O) groups is 3. The third-order valence-corrected chi connectivity index (χ3v) is 12.1. The van der Waals surface area contributed by atoms with Crippen molar-refractivity contribution >= 4 is 17.9 Å². The number of methoxy groups -OCH3 is 1. The van der Waals surface area contributed by atoms with Crippen molar-refractivity contribution in [1.82, 2.24) is 0 Å². The van der Waals surface area contributed by atoms with Gasteiger partial charge in [-0.15, -0.1) is 0 Å². The molecular weight excluding hydrogens is 837 g/mol. The van der Waals surface area contributed by atoms with Crippen molar-refractivity contribution in [2.75, 3.05) is 20.3 Å². The lowest BCUT2D eigenvalue weighted by atomic mass is 9.69. The van der Waals surface area contributed by atoms with Gasteiger partial charge in [-0.25, -0.2) is 14.4 Å². The Bertz CT molecular complexity index is 2980. The van der Waals surface area contributed by atoms with Crippen LogP contribution in [0.1, 0.15) is 43.0 Å². The molecule has 8 heteroatoms. The Kier molecular flexibility index (Phi) is 12.9. The Balaban J connectivity index is 0.881. The average molecular weight is 883 g/mol. The van der Waals surface area contributed by atoms with Crippen LogP contribution in [0, 0.1) is 0 Å². The van der Waals surface area contributed by atoms with Crippen LogP contribution in [0.4, 0.5) is 0 Å². The molecule has 0 bridgehead atoms. The maximum absolute atomic E-state index is 12.9. The fraction of sp³-hybridized carbons (Fsp3) is 0.102. The van der Waals surface area contributed by atoms with Gasteiger partial charge in [-0.3, -0.25) is 0 Å². The second-order valence-electron chi connectivity index (χ2n) is 16.2. The molecule has 67 heavy (non-hydrogen) atoms. The van der Waals surface area contributed by atoms with E-state index in [-0.39, 0.29) is 18.6 Å². The molecule has 0 aromatic heterocycles. The van der Waals surface area contributed by atoms with E-state index in [4.69, 9.17) is 23.7 Å². The molecule has 330 valence electrons. The Morgan fingerprint density at radius 1 is 0.463 bits per heavy atom. The minimum Gasteiger partial charge on any atom is -0.497 e. The zero-order chi connectivity index (χ0) is 46.2. The summed E-state index contributed by atoms with van der Waals surface area (Å²) in [5.74, 6) is 0.698. The van der Waals surface area contributed by atoms with E-state index in [1.165, 1.54) is 33.4 Å². The molecule has 0 heterocycles. The predicted molar refractivity (Wildman–Crippen MR) is 260 cm³/mol. The first-order chi connectivity index (χ1) is 32.8. The Hall–Kier alpha value is -8.49. The van der Waals surface area contributed by atoms with Crippen molar-refractivity contribution in [2.45, 2.75) is 18.3 Å². The van der Waals surface area contributed by atoms with Crippen molar-refractivity contribution in [3.05, 3.63) is 240 Å². The molecule has 0 fully saturated rings. The van der Waals surface area contributed by atoms with Crippen molar-refractivity contribution in [3.63, 3.8) is 0 Å². The second kappa shape index (κ2) is 19.7. The van der Waals surface area contributed by atoms with Gasteiger partial charge in [0.15, 0.2) is 0 Å². The summed E-state index contributed by atoms with van der Waals surface area (Å²) < 4.78 is 27.0. The van der Waals surface area contributed by atoms with Crippen molar-refractivity contribution in [2.24, 2.45) is 0 Å². The standard InChI is InChI=1S/C59H46O8/c1-3-56(60)65-37-36-64-49-30-26-47(27-31-49)58(62)67-51-34-22-45(23-35-51)43-18-14-41(15-19-43)39-59(54-10-6-4-8-52(54)53-9-5-7-11-55(53)59)38-40-12-16-42(17-13-40)44-20-32-50(33-21-44)66-57(61)46-24-28-48(63-2)29-25-46/h3-35H,1,36-39H2,2H3. The number of hydrogen-bond donors (Lipinski definition) is 0. The number of benzene rings is 8. The summed E-state index contributed by atoms with van der Waals surface area (Å²) in [6.07, 6.45) is 2.70. The number of hydrogen-bond acceptors (Lipinski definition) is 8. The number of esters is 3. The van der Waals surface area contributed by atoms with E-state index in [2.05, 4.69) is 104 Å². The van der Waals surface area contributed by atoms with E-state index in [0.717, 1.165) is 41.2 Å². The number of fused-ring (bicyclic) bond motifs is 3. The molecule has 1 aliphatic carbocycles. The third-order valence-electron chi connectivity index (χ3n) is 12.1. The van der Waals surface area contributed by atoms with Gasteiger partial charge < -0.3 is 23.7 Å². The Labute approximate surface area is 389 Å². The predicted octanol–water partition coefficient (Wildman–Crippen LogP) is 12.3. The lowest BCUT2D eigenvalue weighted by Crippen LogP contribution is -2.31. The molecule has 0 saturated heterocycles. The molecule has 0 atom stereocenters. The maximum atomic E-state index is 12.9. The van der Waals surface area contributed by atoms with E-state index >= 15 is 0 Å². The van der Waals surface area contributed by atoms with Crippen LogP contribution in [-0.2, 0) is 27.8 Å². The molecule has 0 N–H and O–H groups in total. The highest BCUT2D eigenvalue weighted by atomic mass is 16.6. The molecule has 0 saturated carbocycles. The highest BCUT2D eigenvalue weighted by molar-refractivity contribution is 5.92. The summed E-state index contributed by atoms with van der Waals surface area (Å²) in [5.41, 5.74) is 12.3. The minimum absolute atomic E-state index is 0.0902. The summed E-state index contributed by atoms with van der Waals surface area (Å²) in [4.78, 5) is 36.9. The van der Waals surface area contributed by atoms with Gasteiger partial charge in [0.05, 0.1) is 18.2 Å². The van der Waals surface area contributed by atoms with E-state index in [9.17, 15) is 14.4 Å². The molecule has 0 aliphatic heterocycles. The smallest absolute Gasteiger partial charge is 0.343 e. The fourth-order valence-electron chi connectivity index (χ4n) is 8.72. The molecule has 9 rings (SSSR count). The topological polar surface area (TPSA) is 97.4 Å². The first-order valence-electron chi connectivity index (χ1n) is 22.0. The monoisotopic (exact) mass is 882 g/mol. The van der Waals surface area contributed by atoms with E-state index in [1.807, 2.05) is 36.4 Å². The number of carbonyl (C=O) groups excluding carboxylic acids is 3. The molecule has 0 unspecified atom stereocenters. The lowest BCUT2D eigenvalue weighted by Gasteiger charge is -2.33. The van der Waals surface area contributed by atoms with Gasteiger partial charge in [0.25, 0.3) is 0 Å². The normalized spacial score (nSPS) is 12.0. The van der Waals surface area contributed by atoms with Crippen molar-refractivity contribution in [3.8, 4) is 56.4 Å². The summed E-state index contributed by atoms with van der Waals surface area (Å²) in [7, 11) is 1.59. The van der Waals surface area contributed by atoms with Crippen LogP contribution in [0.3, 0.4) is 0 Å². The maximum Gasteiger partial charge on any atom is 0.343 e. The van der Waals surface area contributed by atoms with Crippen LogP contribution >= 0.6 is 0 Å². The number of ether oxygens (including phenoxy) is 5. The van der Waals surface area contributed by atoms with E-state index in [1.54, 1.807) is 67.8 Å². The summed E-state index contributed by atoms with van der Waals surface area (Å²) in [5, 5.41) is 0. The van der Waals surface area contributed by atoms with Gasteiger partial charge >= 0.3 is 17.9 Å². The molecule has 0 radical (unpaired) electrons. The van der Waals surface area contributed by atoms with E-state index < -0.39 is 17.9 Å². The highest BCUT2D eigenvalue weighted by Gasteiger charge is 2.43. The quantitative estimate of drug-likeness (QED) is 0.0410. The number of rotatable bonds is 16. The summed E-state index contributed by atoms with van der Waals surface area (Å²) >= 11 is 0. The molecular formula is C59H46O8. The highest BCUT2D eigenvalue weighted by Crippen LogP contribution is 2.52. The van der Waals surface area contributed by atoms with Gasteiger partial charge in [0.1, 0.15) is 36.2 Å². The molecule has 1 aliphatic rings. The van der Waals surface area contributed by atoms with Crippen LogP contribution in [0.15, 0.2) is 207 Å². The SMILES string of the molecule is C=CC(=O)OCCOc1ccc(C(=O)Oc2ccc(-c3ccc(CC4(Cc5ccc(-c6ccc(OC(=O)c7ccc(OC)cc7)cc6)cc5)c5ccccc5-c5ccccc54)cc3)cc2)cc1. The van der Waals surface area contributed by atoms with Crippen molar-refractivity contribution < 1.29 is 38.1 Å². The molecule has 8 aromatic carbocycles. The molecule has 0 amide bonds. The molecule has 8 aromatic rings. The summed E-state index contributed by atoms with van der Waals surface area (Å²) in [6, 6.07) is 63.6. The lowest BCUT2D eigenvalue weighted by molar-refractivity contribution is -0.138. The van der Waals surface area contributed by atoms with Crippen LogP contribution in [0.5, 0.6) is 23.0 Å². The first kappa shape index (κ1) is 43.7. The molecule has 0 spiro atoms. The first-order valence-corrected chi connectivity index (χ1v) is 22.0. The Morgan fingerprint density at radius 2 is 0.851 bits per heavy atom. The average Bonchev–Trinajstić information content (AvgIpc) is 3.64. The van der Waals surface area contributed by atoms with E-state index in [0.29, 0.717) is 34.1 Å². The van der Waals surface area contributed by atoms with Crippen molar-refractivity contribution in [1.29, 1.82) is 0 Å². The van der Waals surface area contributed by atoms with Gasteiger partial charge in [0, 0.05) is 11.5 Å². The Morgan fingerprint density at radius 3 is 1.27 bits per heavy atom. The van der Waals surface area contributed by atoms with Crippen LogP contribution in [0.2, 0.25) is 0 Å². The van der Waals surface area contributed by atoms with Crippen LogP contribution in [-0.4, -0.2) is 38.2 Å². The fourth-order valence-corrected chi connectivity index (χ4v) is 8.72. The zero-order valence-corrected chi connectivity index (χ0v) is 36.9. The van der Waals surface area contributed by atoms with Crippen LogP contribution in [0.25, 0.3) is 33.4 Å². The van der Waals surface area contributed by atoms with Gasteiger partial charge in [-0.2, -0.15) is 0 Å². The summed E-state index contributed by atoms with van der Waals surface area (Å²) in [6.45, 7) is 3.63. The minimum atomic E-state index is -0.512. The molecule has 8 nitrogen and oxygen atoms in total. The largest absolute Gasteiger partial charge is 0.497 e. The van der Waals surface area contributed by atoms with Gasteiger partial charge in [-0.1, -0.05) is 128 Å². The second-order valence-corrected chi connectivity index (χ2v) is 16.2. The van der Waals surface area contributed by atoms with Gasteiger partial charge in [0.2, 0.25) is 0 Å². The van der Waals surface area contributed by atoms with Crippen LogP contribution < -0.4 is 18.9 Å². The van der Waals surface area contributed by atoms with Gasteiger partial charge in [-0.05, 0) is 141 Å². The third kappa shape index (κ3) is 9.79. The zero-order valence-electron chi connectivity index (χ0n) is 36.9.